The number of imidazole rings is 1. The Bertz CT molecular complexity index is 1210. The number of nitrogens with one attached hydrogen (secondary N) is 3. The number of carbonyl (C=O) groups excluding carboxylic acids is 1. The minimum atomic E-state index is -0.427. The van der Waals surface area contributed by atoms with Crippen LogP contribution in [0.4, 0.5) is 4.39 Å². The minimum absolute atomic E-state index is 0.138. The van der Waals surface area contributed by atoms with Crippen molar-refractivity contribution in [3.05, 3.63) is 65.1 Å². The average Bonchev–Trinajstić information content (AvgIpc) is 3.43. The van der Waals surface area contributed by atoms with Crippen LogP contribution < -0.4 is 10.6 Å². The van der Waals surface area contributed by atoms with E-state index in [0.29, 0.717) is 33.8 Å². The molecule has 2 heterocycles. The molecule has 3 N–H and O–H groups in total. The smallest absolute Gasteiger partial charge is 0.272 e. The summed E-state index contributed by atoms with van der Waals surface area (Å²) in [7, 11) is 3.65. The predicted octanol–water partition coefficient (Wildman–Crippen LogP) is 3.98. The lowest BCUT2D eigenvalue weighted by atomic mass is 10.0. The fraction of sp³-hybridized carbons (Fsp3) is 0.360. The summed E-state index contributed by atoms with van der Waals surface area (Å²) in [6.45, 7) is 0.138. The van der Waals surface area contributed by atoms with E-state index in [-0.39, 0.29) is 12.5 Å². The largest absolute Gasteiger partial charge is 0.393 e. The van der Waals surface area contributed by atoms with Crippen molar-refractivity contribution in [1.82, 2.24) is 25.2 Å². The number of rotatable bonds is 8. The summed E-state index contributed by atoms with van der Waals surface area (Å²) < 4.78 is 16.2. The van der Waals surface area contributed by atoms with Crippen LogP contribution in [-0.4, -0.2) is 33.7 Å². The van der Waals surface area contributed by atoms with Crippen LogP contribution in [0.15, 0.2) is 36.7 Å². The third-order valence-corrected chi connectivity index (χ3v) is 6.24. The molecule has 0 bridgehead atoms. The van der Waals surface area contributed by atoms with Gasteiger partial charge in [-0.1, -0.05) is 25.7 Å². The van der Waals surface area contributed by atoms with E-state index in [0.717, 1.165) is 24.0 Å². The molecule has 3 aromatic rings. The molecule has 0 radical (unpaired) electrons. The third kappa shape index (κ3) is 4.94. The molecule has 0 atom stereocenters. The summed E-state index contributed by atoms with van der Waals surface area (Å²) >= 11 is 0. The Morgan fingerprint density at radius 2 is 2.09 bits per heavy atom. The van der Waals surface area contributed by atoms with Gasteiger partial charge in [-0.2, -0.15) is 0 Å². The van der Waals surface area contributed by atoms with Crippen molar-refractivity contribution in [2.24, 2.45) is 13.0 Å². The molecule has 1 saturated carbocycles. The molecule has 1 amide bonds. The Morgan fingerprint density at radius 3 is 2.82 bits per heavy atom. The van der Waals surface area contributed by atoms with E-state index in [1.807, 2.05) is 17.7 Å². The van der Waals surface area contributed by atoms with Crippen molar-refractivity contribution >= 4 is 28.7 Å². The molecule has 1 aliphatic carbocycles. The lowest BCUT2D eigenvalue weighted by Gasteiger charge is -2.10. The quantitative estimate of drug-likeness (QED) is 0.454. The number of allylic oxidation sites excluding steroid dienone is 1. The highest BCUT2D eigenvalue weighted by Crippen LogP contribution is 2.29. The topological polar surface area (TPSA) is 95.7 Å². The number of hydrogen-bond donors (Lipinski definition) is 3. The van der Waals surface area contributed by atoms with Gasteiger partial charge in [0, 0.05) is 51.2 Å². The zero-order valence-electron chi connectivity index (χ0n) is 19.0. The fourth-order valence-corrected chi connectivity index (χ4v) is 4.58. The number of benzene rings is 1. The average molecular weight is 449 g/mol. The molecule has 33 heavy (non-hydrogen) atoms. The summed E-state index contributed by atoms with van der Waals surface area (Å²) in [6, 6.07) is 6.33. The second-order valence-electron chi connectivity index (χ2n) is 8.53. The first-order chi connectivity index (χ1) is 16.0. The number of pyridine rings is 1. The Balaban J connectivity index is 1.55. The number of halogens is 1. The van der Waals surface area contributed by atoms with Crippen molar-refractivity contribution < 1.29 is 9.18 Å². The van der Waals surface area contributed by atoms with Crippen LogP contribution in [0.1, 0.15) is 53.1 Å². The number of aromatic nitrogens is 3. The zero-order valence-corrected chi connectivity index (χ0v) is 19.0. The Kier molecular flexibility index (Phi) is 6.82. The summed E-state index contributed by atoms with van der Waals surface area (Å²) in [5.74, 6) is 0.865. The van der Waals surface area contributed by atoms with Crippen molar-refractivity contribution in [3.63, 3.8) is 0 Å². The van der Waals surface area contributed by atoms with Gasteiger partial charge in [-0.15, -0.1) is 0 Å². The van der Waals surface area contributed by atoms with Crippen molar-refractivity contribution in [2.75, 3.05) is 7.05 Å². The predicted molar refractivity (Wildman–Crippen MR) is 128 cm³/mol. The van der Waals surface area contributed by atoms with Crippen molar-refractivity contribution in [2.45, 2.75) is 38.6 Å². The van der Waals surface area contributed by atoms with Gasteiger partial charge in [-0.25, -0.2) is 14.4 Å². The molecule has 2 aromatic heterocycles. The van der Waals surface area contributed by atoms with Gasteiger partial charge in [-0.3, -0.25) is 4.79 Å². The van der Waals surface area contributed by atoms with Crippen LogP contribution in [0, 0.1) is 17.1 Å². The molecule has 1 fully saturated rings. The number of aryl methyl sites for hydroxylation is 1. The summed E-state index contributed by atoms with van der Waals surface area (Å²) in [5.41, 5.74) is 3.48. The molecule has 0 aliphatic heterocycles. The normalized spacial score (nSPS) is 14.6. The molecule has 1 aliphatic rings. The second kappa shape index (κ2) is 9.94. The van der Waals surface area contributed by atoms with E-state index in [4.69, 9.17) is 10.4 Å². The highest BCUT2D eigenvalue weighted by atomic mass is 19.1. The Labute approximate surface area is 192 Å². The highest BCUT2D eigenvalue weighted by Gasteiger charge is 2.22. The number of nitrogens with zero attached hydrogens (tertiary/aromatic N) is 3. The first-order valence-corrected chi connectivity index (χ1v) is 11.3. The second-order valence-corrected chi connectivity index (χ2v) is 8.53. The van der Waals surface area contributed by atoms with E-state index in [9.17, 15) is 9.18 Å². The van der Waals surface area contributed by atoms with Crippen LogP contribution in [-0.2, 0) is 20.0 Å². The van der Waals surface area contributed by atoms with Gasteiger partial charge in [0.25, 0.3) is 5.91 Å². The standard InChI is InChI=1S/C25H29FN6O/c1-28-15-19(13-27)18-9-17(10-20(26)12-18)14-30-25(33)23-24-21(7-8-29-23)31-22(32(24)2)11-16-5-3-4-6-16/h7-10,12-13,15-16,27-28H,3-6,11,14H2,1-2H3,(H,30,33)/b19-15+,27-13?. The van der Waals surface area contributed by atoms with E-state index in [1.165, 1.54) is 37.8 Å². The fourth-order valence-electron chi connectivity index (χ4n) is 4.58. The Morgan fingerprint density at radius 1 is 1.30 bits per heavy atom. The van der Waals surface area contributed by atoms with Gasteiger partial charge in [0.05, 0.1) is 11.0 Å². The van der Waals surface area contributed by atoms with Crippen molar-refractivity contribution in [1.29, 1.82) is 5.41 Å². The highest BCUT2D eigenvalue weighted by molar-refractivity contribution is 6.08. The number of carbonyl (C=O) groups is 1. The van der Waals surface area contributed by atoms with Crippen molar-refractivity contribution in [3.8, 4) is 0 Å². The molecule has 0 unspecified atom stereocenters. The lowest BCUT2D eigenvalue weighted by molar-refractivity contribution is 0.0947. The van der Waals surface area contributed by atoms with Crippen LogP contribution >= 0.6 is 0 Å². The maximum Gasteiger partial charge on any atom is 0.272 e. The Hall–Kier alpha value is -3.55. The number of fused-ring (bicyclic) bond motifs is 1. The van der Waals surface area contributed by atoms with E-state index in [1.54, 1.807) is 25.5 Å². The SMILES string of the molecule is CN/C=C(\C=N)c1cc(F)cc(CNC(=O)c2nccc3nc(CC4CCCC4)n(C)c23)c1. The third-order valence-electron chi connectivity index (χ3n) is 6.24. The van der Waals surface area contributed by atoms with Gasteiger partial charge in [-0.05, 0) is 41.3 Å². The number of hydrogen-bond acceptors (Lipinski definition) is 5. The van der Waals surface area contributed by atoms with Crippen LogP contribution in [0.25, 0.3) is 16.6 Å². The monoisotopic (exact) mass is 448 g/mol. The molecular weight excluding hydrogens is 419 g/mol. The van der Waals surface area contributed by atoms with Gasteiger partial charge in [0.1, 0.15) is 11.6 Å². The van der Waals surface area contributed by atoms with Gasteiger partial charge in [0.2, 0.25) is 0 Å². The van der Waals surface area contributed by atoms with E-state index >= 15 is 0 Å². The zero-order chi connectivity index (χ0) is 23.4. The first kappa shape index (κ1) is 22.6. The molecule has 8 heteroatoms. The number of amides is 1. The molecule has 7 nitrogen and oxygen atoms in total. The molecule has 0 spiro atoms. The molecular formula is C25H29FN6O. The molecule has 1 aromatic carbocycles. The molecule has 4 rings (SSSR count). The lowest BCUT2D eigenvalue weighted by Crippen LogP contribution is -2.24. The van der Waals surface area contributed by atoms with E-state index < -0.39 is 5.82 Å². The summed E-state index contributed by atoms with van der Waals surface area (Å²) in [6.07, 6.45) is 10.3. The maximum atomic E-state index is 14.2. The molecule has 0 saturated heterocycles. The first-order valence-electron chi connectivity index (χ1n) is 11.3. The summed E-state index contributed by atoms with van der Waals surface area (Å²) in [5, 5.41) is 13.3. The van der Waals surface area contributed by atoms with Crippen LogP contribution in [0.2, 0.25) is 0 Å². The molecule has 172 valence electrons. The maximum absolute atomic E-state index is 14.2. The van der Waals surface area contributed by atoms with Crippen LogP contribution in [0.5, 0.6) is 0 Å². The summed E-state index contributed by atoms with van der Waals surface area (Å²) in [4.78, 5) is 22.1. The van der Waals surface area contributed by atoms with Gasteiger partial charge < -0.3 is 20.6 Å². The van der Waals surface area contributed by atoms with Gasteiger partial charge >= 0.3 is 0 Å². The van der Waals surface area contributed by atoms with Crippen LogP contribution in [0.3, 0.4) is 0 Å². The van der Waals surface area contributed by atoms with Gasteiger partial charge in [0.15, 0.2) is 5.69 Å². The van der Waals surface area contributed by atoms with E-state index in [2.05, 4.69) is 15.6 Å². The minimum Gasteiger partial charge on any atom is -0.393 e.